The Bertz CT molecular complexity index is 1460. The second kappa shape index (κ2) is 13.5. The van der Waals surface area contributed by atoms with E-state index in [0.29, 0.717) is 6.54 Å². The SMILES string of the molecule is CC(=O)Nc1ccc(SC[C@H]2O[C@@H](c3cccc(-c4cccc(CN)c4)c3)O[C@@H](c3ccc(CO)cc3)[C@H]2C)cc1. The summed E-state index contributed by atoms with van der Waals surface area (Å²) in [7, 11) is 0. The molecule has 4 atom stereocenters. The van der Waals surface area contributed by atoms with Crippen molar-refractivity contribution in [3.63, 3.8) is 0 Å². The monoisotopic (exact) mass is 568 g/mol. The van der Waals surface area contributed by atoms with Gasteiger partial charge in [0.05, 0.1) is 18.8 Å². The molecule has 4 aromatic rings. The first-order chi connectivity index (χ1) is 19.9. The van der Waals surface area contributed by atoms with E-state index in [1.807, 2.05) is 72.8 Å². The number of hydrogen-bond donors (Lipinski definition) is 3. The second-order valence-corrected chi connectivity index (χ2v) is 11.5. The van der Waals surface area contributed by atoms with Gasteiger partial charge in [-0.3, -0.25) is 4.79 Å². The molecular formula is C34H36N2O4S. The van der Waals surface area contributed by atoms with Crippen LogP contribution < -0.4 is 11.1 Å². The highest BCUT2D eigenvalue weighted by Gasteiger charge is 2.38. The lowest BCUT2D eigenvalue weighted by Crippen LogP contribution is -2.38. The Morgan fingerprint density at radius 1 is 0.878 bits per heavy atom. The smallest absolute Gasteiger partial charge is 0.221 e. The molecule has 5 rings (SSSR count). The van der Waals surface area contributed by atoms with Crippen molar-refractivity contribution < 1.29 is 19.4 Å². The average Bonchev–Trinajstić information content (AvgIpc) is 3.01. The van der Waals surface area contributed by atoms with Gasteiger partial charge in [0.1, 0.15) is 0 Å². The Morgan fingerprint density at radius 2 is 1.59 bits per heavy atom. The fourth-order valence-corrected chi connectivity index (χ4v) is 6.14. The summed E-state index contributed by atoms with van der Waals surface area (Å²) in [6.07, 6.45) is -0.807. The van der Waals surface area contributed by atoms with E-state index in [9.17, 15) is 9.90 Å². The van der Waals surface area contributed by atoms with Crippen LogP contribution >= 0.6 is 11.8 Å². The zero-order chi connectivity index (χ0) is 28.8. The molecule has 1 saturated heterocycles. The number of rotatable bonds is 9. The van der Waals surface area contributed by atoms with E-state index in [4.69, 9.17) is 15.2 Å². The molecule has 1 amide bonds. The highest BCUT2D eigenvalue weighted by molar-refractivity contribution is 7.99. The highest BCUT2D eigenvalue weighted by Crippen LogP contribution is 2.43. The van der Waals surface area contributed by atoms with Gasteiger partial charge >= 0.3 is 0 Å². The minimum absolute atomic E-state index is 0.00519. The number of hydrogen-bond acceptors (Lipinski definition) is 6. The summed E-state index contributed by atoms with van der Waals surface area (Å²) in [4.78, 5) is 12.5. The van der Waals surface area contributed by atoms with E-state index in [1.165, 1.54) is 6.92 Å². The number of carbonyl (C=O) groups excluding carboxylic acids is 1. The Labute approximate surface area is 245 Å². The molecular weight excluding hydrogens is 532 g/mol. The molecule has 0 bridgehead atoms. The predicted molar refractivity (Wildman–Crippen MR) is 164 cm³/mol. The first-order valence-electron chi connectivity index (χ1n) is 13.8. The lowest BCUT2D eigenvalue weighted by molar-refractivity contribution is -0.268. The van der Waals surface area contributed by atoms with Crippen molar-refractivity contribution in [2.45, 2.75) is 50.4 Å². The molecule has 4 aromatic carbocycles. The summed E-state index contributed by atoms with van der Waals surface area (Å²) in [5, 5.41) is 12.3. The maximum absolute atomic E-state index is 11.4. The summed E-state index contributed by atoms with van der Waals surface area (Å²) in [5.74, 6) is 0.737. The molecule has 6 nitrogen and oxygen atoms in total. The van der Waals surface area contributed by atoms with Crippen LogP contribution in [0, 0.1) is 5.92 Å². The Kier molecular flexibility index (Phi) is 9.54. The number of aliphatic hydroxyl groups is 1. The van der Waals surface area contributed by atoms with Crippen molar-refractivity contribution in [3.05, 3.63) is 119 Å². The van der Waals surface area contributed by atoms with Crippen LogP contribution in [0.2, 0.25) is 0 Å². The molecule has 1 aliphatic heterocycles. The lowest BCUT2D eigenvalue weighted by Gasteiger charge is -2.41. The number of nitrogens with one attached hydrogen (secondary N) is 1. The van der Waals surface area contributed by atoms with E-state index >= 15 is 0 Å². The predicted octanol–water partition coefficient (Wildman–Crippen LogP) is 6.85. The minimum Gasteiger partial charge on any atom is -0.392 e. The number of nitrogens with two attached hydrogens (primary N) is 1. The number of ether oxygens (including phenoxy) is 2. The fraction of sp³-hybridized carbons (Fsp3) is 0.265. The summed E-state index contributed by atoms with van der Waals surface area (Å²) >= 11 is 1.72. The quantitative estimate of drug-likeness (QED) is 0.191. The van der Waals surface area contributed by atoms with E-state index in [0.717, 1.165) is 49.7 Å². The molecule has 0 aliphatic carbocycles. The van der Waals surface area contributed by atoms with Crippen LogP contribution in [0.25, 0.3) is 11.1 Å². The van der Waals surface area contributed by atoms with E-state index in [2.05, 4.69) is 36.5 Å². The van der Waals surface area contributed by atoms with Crippen LogP contribution in [0.15, 0.2) is 102 Å². The van der Waals surface area contributed by atoms with Crippen LogP contribution in [0.5, 0.6) is 0 Å². The number of aliphatic hydroxyl groups excluding tert-OH is 1. The summed E-state index contributed by atoms with van der Waals surface area (Å²) in [6, 6.07) is 32.4. The number of thioether (sulfide) groups is 1. The maximum atomic E-state index is 11.4. The van der Waals surface area contributed by atoms with Gasteiger partial charge in [-0.2, -0.15) is 0 Å². The molecule has 0 aromatic heterocycles. The third-order valence-corrected chi connectivity index (χ3v) is 8.47. The number of carbonyl (C=O) groups is 1. The van der Waals surface area contributed by atoms with Gasteiger partial charge < -0.3 is 25.6 Å². The first-order valence-corrected chi connectivity index (χ1v) is 14.8. The standard InChI is InChI=1S/C34H36N2O4S/c1-22-32(21-41-31-15-13-30(14-16-31)36-23(2)38)39-34(40-33(22)26-11-9-24(20-37)10-12-26)29-8-4-7-28(18-29)27-6-3-5-25(17-27)19-35/h3-18,22,32-34,37H,19-21,35H2,1-2H3,(H,36,38)/t22-,32+,33+,34+/m0/s1. The zero-order valence-corrected chi connectivity index (χ0v) is 24.1. The molecule has 1 aliphatic rings. The van der Waals surface area contributed by atoms with E-state index in [1.54, 1.807) is 11.8 Å². The molecule has 41 heavy (non-hydrogen) atoms. The third-order valence-electron chi connectivity index (χ3n) is 7.37. The molecule has 0 unspecified atom stereocenters. The lowest BCUT2D eigenvalue weighted by atomic mass is 9.91. The minimum atomic E-state index is -0.542. The normalized spacial score (nSPS) is 20.5. The van der Waals surface area contributed by atoms with Crippen molar-refractivity contribution in [1.82, 2.24) is 0 Å². The van der Waals surface area contributed by atoms with Crippen LogP contribution in [0.4, 0.5) is 5.69 Å². The number of anilines is 1. The van der Waals surface area contributed by atoms with Crippen LogP contribution in [0.1, 0.15) is 48.5 Å². The van der Waals surface area contributed by atoms with E-state index < -0.39 is 6.29 Å². The fourth-order valence-electron chi connectivity index (χ4n) is 5.07. The van der Waals surface area contributed by atoms with Crippen LogP contribution in [-0.4, -0.2) is 22.9 Å². The summed E-state index contributed by atoms with van der Waals surface area (Å²) in [6.45, 7) is 4.17. The topological polar surface area (TPSA) is 93.8 Å². The summed E-state index contributed by atoms with van der Waals surface area (Å²) < 4.78 is 13.3. The van der Waals surface area contributed by atoms with Gasteiger partial charge in [-0.25, -0.2) is 0 Å². The largest absolute Gasteiger partial charge is 0.392 e. The zero-order valence-electron chi connectivity index (χ0n) is 23.3. The first kappa shape index (κ1) is 29.0. The van der Waals surface area contributed by atoms with Gasteiger partial charge in [0.25, 0.3) is 0 Å². The van der Waals surface area contributed by atoms with Gasteiger partial charge in [-0.1, -0.05) is 67.6 Å². The molecule has 0 spiro atoms. The van der Waals surface area contributed by atoms with Crippen molar-refractivity contribution >= 4 is 23.4 Å². The number of benzene rings is 4. The summed E-state index contributed by atoms with van der Waals surface area (Å²) in [5.41, 5.74) is 12.8. The Balaban J connectivity index is 1.40. The molecule has 7 heteroatoms. The van der Waals surface area contributed by atoms with E-state index in [-0.39, 0.29) is 30.6 Å². The van der Waals surface area contributed by atoms with Crippen molar-refractivity contribution in [2.75, 3.05) is 11.1 Å². The van der Waals surface area contributed by atoms with Crippen molar-refractivity contribution in [1.29, 1.82) is 0 Å². The average molecular weight is 569 g/mol. The Hall–Kier alpha value is -3.46. The van der Waals surface area contributed by atoms with Gasteiger partial charge in [0.2, 0.25) is 5.91 Å². The van der Waals surface area contributed by atoms with Crippen LogP contribution in [-0.2, 0) is 27.4 Å². The molecule has 0 radical (unpaired) electrons. The van der Waals surface area contributed by atoms with Crippen molar-refractivity contribution in [3.8, 4) is 11.1 Å². The number of amides is 1. The molecule has 212 valence electrons. The van der Waals surface area contributed by atoms with Crippen molar-refractivity contribution in [2.24, 2.45) is 11.7 Å². The second-order valence-electron chi connectivity index (χ2n) is 10.4. The molecule has 1 heterocycles. The maximum Gasteiger partial charge on any atom is 0.221 e. The third kappa shape index (κ3) is 7.25. The van der Waals surface area contributed by atoms with Gasteiger partial charge in [-0.05, 0) is 64.2 Å². The molecule has 4 N–H and O–H groups in total. The van der Waals surface area contributed by atoms with Gasteiger partial charge in [0, 0.05) is 41.3 Å². The highest BCUT2D eigenvalue weighted by atomic mass is 32.2. The molecule has 1 fully saturated rings. The molecule has 0 saturated carbocycles. The van der Waals surface area contributed by atoms with Gasteiger partial charge in [-0.15, -0.1) is 11.8 Å². The Morgan fingerprint density at radius 3 is 2.27 bits per heavy atom. The van der Waals surface area contributed by atoms with Crippen LogP contribution in [0.3, 0.4) is 0 Å². The van der Waals surface area contributed by atoms with Gasteiger partial charge in [0.15, 0.2) is 6.29 Å².